The molecule has 0 aliphatic heterocycles. The van der Waals surface area contributed by atoms with Crippen LogP contribution in [0.1, 0.15) is 17.3 Å². The van der Waals surface area contributed by atoms with Crippen molar-refractivity contribution < 1.29 is 13.6 Å². The first-order valence-electron chi connectivity index (χ1n) is 10.0. The van der Waals surface area contributed by atoms with E-state index in [2.05, 4.69) is 10.4 Å². The molecule has 0 bridgehead atoms. The van der Waals surface area contributed by atoms with E-state index in [1.807, 2.05) is 36.4 Å². The Morgan fingerprint density at radius 3 is 2.19 bits per heavy atom. The molecule has 4 rings (SSSR count). The summed E-state index contributed by atoms with van der Waals surface area (Å²) in [5.74, 6) is -2.37. The van der Waals surface area contributed by atoms with Crippen LogP contribution in [0.4, 0.5) is 14.5 Å². The van der Waals surface area contributed by atoms with E-state index in [0.29, 0.717) is 22.4 Å². The predicted octanol–water partition coefficient (Wildman–Crippen LogP) is 5.13. The smallest absolute Gasteiger partial charge is 0.280 e. The third kappa shape index (κ3) is 4.05. The fourth-order valence-corrected chi connectivity index (χ4v) is 3.46. The quantitative estimate of drug-likeness (QED) is 0.477. The zero-order valence-electron chi connectivity index (χ0n) is 17.2. The molecule has 0 saturated heterocycles. The van der Waals surface area contributed by atoms with Crippen molar-refractivity contribution in [3.05, 3.63) is 106 Å². The third-order valence-electron chi connectivity index (χ3n) is 4.97. The highest BCUT2D eigenvalue weighted by Gasteiger charge is 2.25. The summed E-state index contributed by atoms with van der Waals surface area (Å²) in [6.07, 6.45) is 0. The molecule has 0 unspecified atom stereocenters. The molecule has 32 heavy (non-hydrogen) atoms. The number of halogens is 2. The third-order valence-corrected chi connectivity index (χ3v) is 4.97. The van der Waals surface area contributed by atoms with Crippen molar-refractivity contribution in [2.75, 3.05) is 5.32 Å². The van der Waals surface area contributed by atoms with E-state index in [1.54, 1.807) is 31.2 Å². The average Bonchev–Trinajstić information content (AvgIpc) is 2.82. The van der Waals surface area contributed by atoms with Crippen molar-refractivity contribution >= 4 is 11.6 Å². The van der Waals surface area contributed by atoms with Crippen LogP contribution in [0.2, 0.25) is 0 Å². The molecule has 0 spiro atoms. The van der Waals surface area contributed by atoms with Gasteiger partial charge in [0.1, 0.15) is 17.2 Å². The first-order chi connectivity index (χ1) is 15.5. The lowest BCUT2D eigenvalue weighted by Crippen LogP contribution is -2.32. The van der Waals surface area contributed by atoms with Gasteiger partial charge in [0.25, 0.3) is 11.5 Å². The number of aromatic nitrogens is 2. The molecule has 7 heteroatoms. The van der Waals surface area contributed by atoms with Gasteiger partial charge in [0, 0.05) is 23.7 Å². The van der Waals surface area contributed by atoms with Gasteiger partial charge in [-0.1, -0.05) is 60.7 Å². The fourth-order valence-electron chi connectivity index (χ4n) is 3.46. The van der Waals surface area contributed by atoms with Gasteiger partial charge >= 0.3 is 0 Å². The number of nitrogens with one attached hydrogen (secondary N) is 1. The Bertz CT molecular complexity index is 1340. The molecule has 0 aliphatic rings. The van der Waals surface area contributed by atoms with E-state index in [9.17, 15) is 18.4 Å². The van der Waals surface area contributed by atoms with Crippen LogP contribution in [0, 0.1) is 11.6 Å². The molecule has 0 atom stereocenters. The molecule has 0 fully saturated rings. The summed E-state index contributed by atoms with van der Waals surface area (Å²) < 4.78 is 29.0. The molecule has 1 amide bonds. The van der Waals surface area contributed by atoms with Gasteiger partial charge < -0.3 is 5.32 Å². The lowest BCUT2D eigenvalue weighted by molar-refractivity contribution is 0.102. The van der Waals surface area contributed by atoms with Crippen LogP contribution >= 0.6 is 0 Å². The maximum Gasteiger partial charge on any atom is 0.280 e. The van der Waals surface area contributed by atoms with Crippen molar-refractivity contribution in [1.82, 2.24) is 9.78 Å². The summed E-state index contributed by atoms with van der Waals surface area (Å²) in [4.78, 5) is 26.5. The van der Waals surface area contributed by atoms with Gasteiger partial charge in [0.05, 0.1) is 11.4 Å². The Balaban J connectivity index is 1.99. The lowest BCUT2D eigenvalue weighted by atomic mass is 9.95. The number of hydrogen-bond acceptors (Lipinski definition) is 3. The van der Waals surface area contributed by atoms with Gasteiger partial charge in [-0.2, -0.15) is 5.10 Å². The number of hydrogen-bond donors (Lipinski definition) is 1. The number of carbonyl (C=O) groups excluding carboxylic acids is 1. The molecular formula is C25H19F2N3O2. The van der Waals surface area contributed by atoms with E-state index < -0.39 is 23.1 Å². The van der Waals surface area contributed by atoms with Gasteiger partial charge in [-0.25, -0.2) is 13.5 Å². The molecule has 4 aromatic rings. The highest BCUT2D eigenvalue weighted by atomic mass is 19.1. The molecule has 0 saturated carbocycles. The standard InChI is InChI=1S/C25H19F2N3O2/c1-2-30-25(32)22(24(31)28-20-15-18(26)13-14-19(20)27)21(16-9-5-3-6-10-16)23(29-30)17-11-7-4-8-12-17/h3-15H,2H2,1H3,(H,28,31). The highest BCUT2D eigenvalue weighted by Crippen LogP contribution is 2.32. The molecule has 1 aromatic heterocycles. The number of amides is 1. The Kier molecular flexibility index (Phi) is 5.89. The second-order valence-electron chi connectivity index (χ2n) is 7.03. The summed E-state index contributed by atoms with van der Waals surface area (Å²) in [5.41, 5.74) is 0.887. The Labute approximate surface area is 183 Å². The van der Waals surface area contributed by atoms with Crippen molar-refractivity contribution in [1.29, 1.82) is 0 Å². The van der Waals surface area contributed by atoms with E-state index in [0.717, 1.165) is 18.2 Å². The minimum Gasteiger partial charge on any atom is -0.319 e. The summed E-state index contributed by atoms with van der Waals surface area (Å²) in [6.45, 7) is 1.96. The van der Waals surface area contributed by atoms with Gasteiger partial charge in [-0.3, -0.25) is 9.59 Å². The van der Waals surface area contributed by atoms with Gasteiger partial charge in [-0.15, -0.1) is 0 Å². The number of aryl methyl sites for hydroxylation is 1. The van der Waals surface area contributed by atoms with Gasteiger partial charge in [0.2, 0.25) is 0 Å². The normalized spacial score (nSPS) is 10.7. The van der Waals surface area contributed by atoms with E-state index in [4.69, 9.17) is 0 Å². The van der Waals surface area contributed by atoms with Crippen LogP contribution in [-0.4, -0.2) is 15.7 Å². The minimum absolute atomic E-state index is 0.199. The Hall–Kier alpha value is -4.13. The van der Waals surface area contributed by atoms with Crippen LogP contribution < -0.4 is 10.9 Å². The van der Waals surface area contributed by atoms with Crippen LogP contribution in [0.3, 0.4) is 0 Å². The monoisotopic (exact) mass is 431 g/mol. The SMILES string of the molecule is CCn1nc(-c2ccccc2)c(-c2ccccc2)c(C(=O)Nc2cc(F)ccc2F)c1=O. The van der Waals surface area contributed by atoms with Crippen LogP contribution in [0.25, 0.3) is 22.4 Å². The summed E-state index contributed by atoms with van der Waals surface area (Å²) in [6, 6.07) is 20.8. The van der Waals surface area contributed by atoms with Crippen molar-refractivity contribution in [2.24, 2.45) is 0 Å². The van der Waals surface area contributed by atoms with E-state index in [1.165, 1.54) is 4.68 Å². The molecule has 1 N–H and O–H groups in total. The van der Waals surface area contributed by atoms with E-state index in [-0.39, 0.29) is 17.8 Å². The molecular weight excluding hydrogens is 412 g/mol. The zero-order valence-corrected chi connectivity index (χ0v) is 17.2. The minimum atomic E-state index is -0.847. The maximum absolute atomic E-state index is 14.2. The summed E-state index contributed by atoms with van der Waals surface area (Å²) in [7, 11) is 0. The number of nitrogens with zero attached hydrogens (tertiary/aromatic N) is 2. The van der Waals surface area contributed by atoms with Crippen LogP contribution in [0.5, 0.6) is 0 Å². The summed E-state index contributed by atoms with van der Waals surface area (Å²) >= 11 is 0. The Morgan fingerprint density at radius 1 is 0.938 bits per heavy atom. The number of carbonyl (C=O) groups is 1. The van der Waals surface area contributed by atoms with Crippen molar-refractivity contribution in [3.63, 3.8) is 0 Å². The number of benzene rings is 3. The first-order valence-corrected chi connectivity index (χ1v) is 10.0. The van der Waals surface area contributed by atoms with Crippen molar-refractivity contribution in [3.8, 4) is 22.4 Å². The molecule has 160 valence electrons. The number of anilines is 1. The zero-order chi connectivity index (χ0) is 22.7. The van der Waals surface area contributed by atoms with Gasteiger partial charge in [-0.05, 0) is 24.6 Å². The second kappa shape index (κ2) is 8.93. The molecule has 5 nitrogen and oxygen atoms in total. The molecule has 0 radical (unpaired) electrons. The molecule has 0 aliphatic carbocycles. The van der Waals surface area contributed by atoms with Crippen LogP contribution in [-0.2, 0) is 6.54 Å². The molecule has 3 aromatic carbocycles. The molecule has 1 heterocycles. The number of rotatable bonds is 5. The topological polar surface area (TPSA) is 64.0 Å². The first kappa shape index (κ1) is 21.1. The van der Waals surface area contributed by atoms with E-state index >= 15 is 0 Å². The summed E-state index contributed by atoms with van der Waals surface area (Å²) in [5, 5.41) is 6.86. The van der Waals surface area contributed by atoms with Crippen molar-refractivity contribution in [2.45, 2.75) is 13.5 Å². The second-order valence-corrected chi connectivity index (χ2v) is 7.03. The fraction of sp³-hybridized carbons (Fsp3) is 0.0800. The maximum atomic E-state index is 14.2. The predicted molar refractivity (Wildman–Crippen MR) is 119 cm³/mol. The lowest BCUT2D eigenvalue weighted by Gasteiger charge is -2.17. The Morgan fingerprint density at radius 2 is 1.56 bits per heavy atom. The average molecular weight is 431 g/mol. The largest absolute Gasteiger partial charge is 0.319 e. The van der Waals surface area contributed by atoms with Crippen LogP contribution in [0.15, 0.2) is 83.7 Å². The highest BCUT2D eigenvalue weighted by molar-refractivity contribution is 6.10. The van der Waals surface area contributed by atoms with Gasteiger partial charge in [0.15, 0.2) is 0 Å².